The van der Waals surface area contributed by atoms with Gasteiger partial charge in [-0.25, -0.2) is 5.43 Å². The molecule has 0 aromatic heterocycles. The van der Waals surface area contributed by atoms with Gasteiger partial charge in [0.05, 0.1) is 6.21 Å². The molecule has 1 rings (SSSR count). The number of nitrogens with zero attached hydrogens (tertiary/aromatic N) is 1. The molecule has 70 valence electrons. The van der Waals surface area contributed by atoms with Crippen LogP contribution in [-0.4, -0.2) is 12.5 Å². The summed E-state index contributed by atoms with van der Waals surface area (Å²) in [6.45, 7) is 0. The molecule has 0 aliphatic heterocycles. The third-order valence-electron chi connectivity index (χ3n) is 1.20. The molecule has 0 unspecified atom stereocenters. The molecule has 0 atom stereocenters. The van der Waals surface area contributed by atoms with Crippen LogP contribution in [0.25, 0.3) is 0 Å². The molecule has 1 N–H and O–H groups in total. The SMILES string of the molecule is FC(F)(F)NN=Cc1ccccc1. The van der Waals surface area contributed by atoms with Crippen LogP contribution in [0.5, 0.6) is 0 Å². The zero-order valence-corrected chi connectivity index (χ0v) is 6.55. The molecule has 0 aliphatic carbocycles. The predicted molar refractivity (Wildman–Crippen MR) is 43.2 cm³/mol. The summed E-state index contributed by atoms with van der Waals surface area (Å²) in [5.74, 6) is 0. The molecule has 0 fully saturated rings. The summed E-state index contributed by atoms with van der Waals surface area (Å²) < 4.78 is 34.6. The predicted octanol–water partition coefficient (Wildman–Crippen LogP) is 2.13. The van der Waals surface area contributed by atoms with Crippen molar-refractivity contribution in [3.63, 3.8) is 0 Å². The summed E-state index contributed by atoms with van der Waals surface area (Å²) in [6, 6.07) is 8.52. The van der Waals surface area contributed by atoms with Gasteiger partial charge in [0.2, 0.25) is 0 Å². The molecule has 0 aliphatic rings. The molecule has 13 heavy (non-hydrogen) atoms. The monoisotopic (exact) mass is 188 g/mol. The molecule has 0 saturated heterocycles. The van der Waals surface area contributed by atoms with Crippen LogP contribution in [0.15, 0.2) is 35.4 Å². The van der Waals surface area contributed by atoms with Crippen molar-refractivity contribution in [3.8, 4) is 0 Å². The fourth-order valence-corrected chi connectivity index (χ4v) is 0.719. The molecule has 0 spiro atoms. The van der Waals surface area contributed by atoms with Crippen molar-refractivity contribution in [1.82, 2.24) is 5.43 Å². The molecular formula is C8H7F3N2. The van der Waals surface area contributed by atoms with Crippen LogP contribution in [-0.2, 0) is 0 Å². The second-order valence-electron chi connectivity index (χ2n) is 2.28. The van der Waals surface area contributed by atoms with Gasteiger partial charge in [-0.1, -0.05) is 30.3 Å². The van der Waals surface area contributed by atoms with Crippen LogP contribution >= 0.6 is 0 Å². The molecule has 0 saturated carbocycles. The molecule has 0 bridgehead atoms. The molecule has 0 radical (unpaired) electrons. The summed E-state index contributed by atoms with van der Waals surface area (Å²) in [6.07, 6.45) is -3.36. The Morgan fingerprint density at radius 1 is 1.15 bits per heavy atom. The second kappa shape index (κ2) is 3.93. The van der Waals surface area contributed by atoms with Gasteiger partial charge in [0.25, 0.3) is 0 Å². The highest BCUT2D eigenvalue weighted by molar-refractivity contribution is 5.79. The molecule has 1 aromatic carbocycles. The molecule has 0 heterocycles. The van der Waals surface area contributed by atoms with Gasteiger partial charge < -0.3 is 0 Å². The summed E-state index contributed by atoms with van der Waals surface area (Å²) in [5.41, 5.74) is 1.65. The van der Waals surface area contributed by atoms with Crippen LogP contribution < -0.4 is 5.43 Å². The first-order valence-corrected chi connectivity index (χ1v) is 3.50. The van der Waals surface area contributed by atoms with Crippen LogP contribution in [0.3, 0.4) is 0 Å². The lowest BCUT2D eigenvalue weighted by molar-refractivity contribution is -0.156. The lowest BCUT2D eigenvalue weighted by Crippen LogP contribution is -2.26. The number of hydrogen-bond acceptors (Lipinski definition) is 2. The Bertz CT molecular complexity index is 279. The maximum atomic E-state index is 11.5. The topological polar surface area (TPSA) is 24.4 Å². The molecule has 5 heteroatoms. The van der Waals surface area contributed by atoms with Gasteiger partial charge in [0, 0.05) is 0 Å². The molecule has 1 aromatic rings. The van der Waals surface area contributed by atoms with Crippen molar-refractivity contribution < 1.29 is 13.2 Å². The van der Waals surface area contributed by atoms with Crippen molar-refractivity contribution in [2.24, 2.45) is 5.10 Å². The summed E-state index contributed by atoms with van der Waals surface area (Å²) in [4.78, 5) is 0. The number of halogens is 3. The van der Waals surface area contributed by atoms with Gasteiger partial charge >= 0.3 is 6.30 Å². The van der Waals surface area contributed by atoms with E-state index < -0.39 is 6.30 Å². The average molecular weight is 188 g/mol. The fraction of sp³-hybridized carbons (Fsp3) is 0.125. The van der Waals surface area contributed by atoms with Crippen molar-refractivity contribution in [2.75, 3.05) is 0 Å². The largest absolute Gasteiger partial charge is 0.497 e. The van der Waals surface area contributed by atoms with Crippen LogP contribution in [0.2, 0.25) is 0 Å². The van der Waals surface area contributed by atoms with E-state index in [0.717, 1.165) is 11.6 Å². The third kappa shape index (κ3) is 4.15. The number of benzene rings is 1. The third-order valence-corrected chi connectivity index (χ3v) is 1.20. The number of rotatable bonds is 2. The Morgan fingerprint density at radius 2 is 1.77 bits per heavy atom. The van der Waals surface area contributed by atoms with Crippen LogP contribution in [0, 0.1) is 0 Å². The van der Waals surface area contributed by atoms with Gasteiger partial charge in [-0.15, -0.1) is 13.2 Å². The van der Waals surface area contributed by atoms with Crippen LogP contribution in [0.1, 0.15) is 5.56 Å². The van der Waals surface area contributed by atoms with Gasteiger partial charge in [-0.05, 0) is 5.56 Å². The van der Waals surface area contributed by atoms with E-state index >= 15 is 0 Å². The van der Waals surface area contributed by atoms with E-state index in [2.05, 4.69) is 5.10 Å². The number of alkyl halides is 3. The van der Waals surface area contributed by atoms with Gasteiger partial charge in [0.15, 0.2) is 0 Å². The quantitative estimate of drug-likeness (QED) is 0.429. The van der Waals surface area contributed by atoms with Crippen molar-refractivity contribution in [1.29, 1.82) is 0 Å². The van der Waals surface area contributed by atoms with E-state index in [9.17, 15) is 13.2 Å². The molecule has 0 amide bonds. The van der Waals surface area contributed by atoms with Crippen molar-refractivity contribution in [3.05, 3.63) is 35.9 Å². The zero-order valence-electron chi connectivity index (χ0n) is 6.55. The number of nitrogens with one attached hydrogen (secondary N) is 1. The summed E-state index contributed by atoms with van der Waals surface area (Å²) >= 11 is 0. The minimum absolute atomic E-state index is 0.610. The summed E-state index contributed by atoms with van der Waals surface area (Å²) in [7, 11) is 0. The van der Waals surface area contributed by atoms with E-state index in [0.29, 0.717) is 5.56 Å². The lowest BCUT2D eigenvalue weighted by Gasteiger charge is -2.02. The first-order valence-electron chi connectivity index (χ1n) is 3.50. The van der Waals surface area contributed by atoms with E-state index in [4.69, 9.17) is 0 Å². The maximum absolute atomic E-state index is 11.5. The highest BCUT2D eigenvalue weighted by atomic mass is 19.4. The lowest BCUT2D eigenvalue weighted by atomic mass is 10.2. The van der Waals surface area contributed by atoms with Gasteiger partial charge in [-0.3, -0.25) is 0 Å². The van der Waals surface area contributed by atoms with Crippen molar-refractivity contribution in [2.45, 2.75) is 6.30 Å². The van der Waals surface area contributed by atoms with E-state index in [-0.39, 0.29) is 0 Å². The van der Waals surface area contributed by atoms with Gasteiger partial charge in [0.1, 0.15) is 0 Å². The standard InChI is InChI=1S/C8H7F3N2/c9-8(10,11)13-12-6-7-4-2-1-3-5-7/h1-6,13H. The smallest absolute Gasteiger partial charge is 0.218 e. The zero-order chi connectivity index (χ0) is 9.73. The minimum Gasteiger partial charge on any atom is -0.218 e. The number of hydrogen-bond donors (Lipinski definition) is 1. The average Bonchev–Trinajstić information content (AvgIpc) is 2.04. The first kappa shape index (κ1) is 9.57. The maximum Gasteiger partial charge on any atom is 0.497 e. The van der Waals surface area contributed by atoms with Crippen molar-refractivity contribution >= 4 is 6.21 Å². The Labute approximate surface area is 73.1 Å². The normalized spacial score (nSPS) is 11.9. The Balaban J connectivity index is 2.51. The van der Waals surface area contributed by atoms with E-state index in [1.165, 1.54) is 0 Å². The fourth-order valence-electron chi connectivity index (χ4n) is 0.719. The minimum atomic E-state index is -4.47. The van der Waals surface area contributed by atoms with E-state index in [1.807, 2.05) is 0 Å². The van der Waals surface area contributed by atoms with Gasteiger partial charge in [-0.2, -0.15) is 5.10 Å². The Kier molecular flexibility index (Phi) is 2.89. The molecule has 2 nitrogen and oxygen atoms in total. The van der Waals surface area contributed by atoms with Crippen LogP contribution in [0.4, 0.5) is 13.2 Å². The Morgan fingerprint density at radius 3 is 2.31 bits per heavy atom. The summed E-state index contributed by atoms with van der Waals surface area (Å²) in [5, 5.41) is 3.01. The number of hydrazone groups is 1. The molecular weight excluding hydrogens is 181 g/mol. The van der Waals surface area contributed by atoms with E-state index in [1.54, 1.807) is 30.3 Å². The Hall–Kier alpha value is -1.52. The highest BCUT2D eigenvalue weighted by Crippen LogP contribution is 2.08. The highest BCUT2D eigenvalue weighted by Gasteiger charge is 2.25. The first-order chi connectivity index (χ1) is 6.08. The second-order valence-corrected chi connectivity index (χ2v) is 2.28.